The van der Waals surface area contributed by atoms with Gasteiger partial charge in [0.2, 0.25) is 0 Å². The molecule has 140 valence electrons. The highest BCUT2D eigenvalue weighted by Gasteiger charge is 2.26. The van der Waals surface area contributed by atoms with Crippen LogP contribution in [0, 0.1) is 18.6 Å². The van der Waals surface area contributed by atoms with Crippen molar-refractivity contribution in [2.24, 2.45) is 0 Å². The molecular weight excluding hydrogens is 358 g/mol. The van der Waals surface area contributed by atoms with Crippen LogP contribution in [0.25, 0.3) is 11.6 Å². The van der Waals surface area contributed by atoms with Crippen molar-refractivity contribution in [1.29, 1.82) is 0 Å². The lowest BCUT2D eigenvalue weighted by molar-refractivity contribution is 0.0688. The zero-order valence-corrected chi connectivity index (χ0v) is 14.5. The summed E-state index contributed by atoms with van der Waals surface area (Å²) in [7, 11) is 0. The number of piperidine rings is 1. The van der Waals surface area contributed by atoms with Crippen LogP contribution in [0.4, 0.5) is 8.78 Å². The molecule has 0 aliphatic carbocycles. The standard InChI is InChI=1S/C17H16F2N6O2/c1-10-20-16(27-22-10)15-9-25(23-21-15)12-4-6-24(7-5-12)17(26)11-2-3-13(18)14(19)8-11/h2-3,8-9,12H,4-7H2,1H3. The first-order valence-electron chi connectivity index (χ1n) is 8.48. The molecular formula is C17H16F2N6O2. The van der Waals surface area contributed by atoms with Gasteiger partial charge in [-0.1, -0.05) is 10.4 Å². The number of halogens is 2. The maximum Gasteiger partial charge on any atom is 0.280 e. The van der Waals surface area contributed by atoms with Gasteiger partial charge in [0.1, 0.15) is 0 Å². The van der Waals surface area contributed by atoms with Gasteiger partial charge in [-0.2, -0.15) is 4.98 Å². The van der Waals surface area contributed by atoms with Crippen LogP contribution in [-0.4, -0.2) is 49.0 Å². The molecule has 0 N–H and O–H groups in total. The van der Waals surface area contributed by atoms with Crippen molar-refractivity contribution in [3.63, 3.8) is 0 Å². The van der Waals surface area contributed by atoms with E-state index in [1.54, 1.807) is 22.7 Å². The second-order valence-corrected chi connectivity index (χ2v) is 6.38. The van der Waals surface area contributed by atoms with E-state index in [2.05, 4.69) is 20.5 Å². The van der Waals surface area contributed by atoms with Gasteiger partial charge in [-0.15, -0.1) is 5.10 Å². The summed E-state index contributed by atoms with van der Waals surface area (Å²) >= 11 is 0. The Kier molecular flexibility index (Phi) is 4.38. The topological polar surface area (TPSA) is 89.9 Å². The third-order valence-electron chi connectivity index (χ3n) is 4.55. The molecule has 27 heavy (non-hydrogen) atoms. The second-order valence-electron chi connectivity index (χ2n) is 6.38. The Morgan fingerprint density at radius 2 is 2.00 bits per heavy atom. The summed E-state index contributed by atoms with van der Waals surface area (Å²) in [5.41, 5.74) is 0.637. The summed E-state index contributed by atoms with van der Waals surface area (Å²) in [5, 5.41) is 11.9. The van der Waals surface area contributed by atoms with Crippen LogP contribution in [-0.2, 0) is 0 Å². The third-order valence-corrected chi connectivity index (χ3v) is 4.55. The predicted molar refractivity (Wildman–Crippen MR) is 88.6 cm³/mol. The molecule has 1 saturated heterocycles. The molecule has 1 aliphatic rings. The van der Waals surface area contributed by atoms with Gasteiger partial charge in [-0.3, -0.25) is 4.79 Å². The quantitative estimate of drug-likeness (QED) is 0.699. The summed E-state index contributed by atoms with van der Waals surface area (Å²) in [5.74, 6) is -1.48. The van der Waals surface area contributed by atoms with Crippen molar-refractivity contribution in [3.05, 3.63) is 47.4 Å². The molecule has 2 aromatic heterocycles. The number of amides is 1. The first-order chi connectivity index (χ1) is 13.0. The van der Waals surface area contributed by atoms with Gasteiger partial charge in [0.15, 0.2) is 23.2 Å². The van der Waals surface area contributed by atoms with Crippen LogP contribution in [0.3, 0.4) is 0 Å². The van der Waals surface area contributed by atoms with Gasteiger partial charge in [0.05, 0.1) is 12.2 Å². The van der Waals surface area contributed by atoms with Crippen molar-refractivity contribution < 1.29 is 18.1 Å². The lowest BCUT2D eigenvalue weighted by atomic mass is 10.0. The van der Waals surface area contributed by atoms with Crippen LogP contribution >= 0.6 is 0 Å². The Morgan fingerprint density at radius 1 is 1.22 bits per heavy atom. The van der Waals surface area contributed by atoms with Gasteiger partial charge in [-0.25, -0.2) is 13.5 Å². The molecule has 0 saturated carbocycles. The molecule has 0 unspecified atom stereocenters. The molecule has 1 fully saturated rings. The average Bonchev–Trinajstić information content (AvgIpc) is 3.32. The fourth-order valence-electron chi connectivity index (χ4n) is 3.10. The van der Waals surface area contributed by atoms with E-state index in [1.807, 2.05) is 0 Å². The summed E-state index contributed by atoms with van der Waals surface area (Å²) in [6.45, 7) is 2.69. The smallest absolute Gasteiger partial charge is 0.280 e. The van der Waals surface area contributed by atoms with Crippen molar-refractivity contribution in [1.82, 2.24) is 30.0 Å². The number of aryl methyl sites for hydroxylation is 1. The number of hydrogen-bond donors (Lipinski definition) is 0. The maximum absolute atomic E-state index is 13.4. The van der Waals surface area contributed by atoms with E-state index in [-0.39, 0.29) is 17.5 Å². The number of nitrogens with zero attached hydrogens (tertiary/aromatic N) is 6. The molecule has 3 heterocycles. The zero-order valence-electron chi connectivity index (χ0n) is 14.5. The van der Waals surface area contributed by atoms with Crippen molar-refractivity contribution in [2.45, 2.75) is 25.8 Å². The Bertz CT molecular complexity index is 977. The van der Waals surface area contributed by atoms with Gasteiger partial charge in [0, 0.05) is 18.7 Å². The molecule has 3 aromatic rings. The molecule has 0 atom stereocenters. The highest BCUT2D eigenvalue weighted by atomic mass is 19.2. The molecule has 0 spiro atoms. The van der Waals surface area contributed by atoms with E-state index in [9.17, 15) is 13.6 Å². The largest absolute Gasteiger partial charge is 0.338 e. The highest BCUT2D eigenvalue weighted by molar-refractivity contribution is 5.94. The average molecular weight is 374 g/mol. The molecule has 0 radical (unpaired) electrons. The molecule has 1 aliphatic heterocycles. The van der Waals surface area contributed by atoms with E-state index < -0.39 is 11.6 Å². The van der Waals surface area contributed by atoms with E-state index >= 15 is 0 Å². The first kappa shape index (κ1) is 17.3. The van der Waals surface area contributed by atoms with Gasteiger partial charge >= 0.3 is 0 Å². The van der Waals surface area contributed by atoms with Crippen molar-refractivity contribution >= 4 is 5.91 Å². The molecule has 4 rings (SSSR count). The summed E-state index contributed by atoms with van der Waals surface area (Å²) in [6.07, 6.45) is 3.08. The normalized spacial score (nSPS) is 15.3. The fourth-order valence-corrected chi connectivity index (χ4v) is 3.10. The minimum absolute atomic E-state index is 0.0734. The van der Waals surface area contributed by atoms with E-state index in [0.29, 0.717) is 43.3 Å². The third kappa shape index (κ3) is 3.42. The molecule has 0 bridgehead atoms. The highest BCUT2D eigenvalue weighted by Crippen LogP contribution is 2.25. The van der Waals surface area contributed by atoms with Crippen LogP contribution in [0.2, 0.25) is 0 Å². The zero-order chi connectivity index (χ0) is 19.0. The molecule has 10 heteroatoms. The van der Waals surface area contributed by atoms with Crippen LogP contribution < -0.4 is 0 Å². The maximum atomic E-state index is 13.4. The number of benzene rings is 1. The number of likely N-dealkylation sites (tertiary alicyclic amines) is 1. The number of carbonyl (C=O) groups excluding carboxylic acids is 1. The lowest BCUT2D eigenvalue weighted by Gasteiger charge is -2.31. The second kappa shape index (κ2) is 6.86. The fraction of sp³-hybridized carbons (Fsp3) is 0.353. The van der Waals surface area contributed by atoms with Crippen molar-refractivity contribution in [3.8, 4) is 11.6 Å². The number of hydrogen-bond acceptors (Lipinski definition) is 6. The summed E-state index contributed by atoms with van der Waals surface area (Å²) in [6, 6.07) is 3.26. The van der Waals surface area contributed by atoms with Gasteiger partial charge in [-0.05, 0) is 38.0 Å². The van der Waals surface area contributed by atoms with Crippen LogP contribution in [0.5, 0.6) is 0 Å². The number of carbonyl (C=O) groups is 1. The Hall–Kier alpha value is -3.17. The summed E-state index contributed by atoms with van der Waals surface area (Å²) < 4.78 is 33.2. The monoisotopic (exact) mass is 374 g/mol. The van der Waals surface area contributed by atoms with Gasteiger partial charge in [0.25, 0.3) is 11.8 Å². The Balaban J connectivity index is 1.41. The number of aromatic nitrogens is 5. The minimum atomic E-state index is -1.03. The van der Waals surface area contributed by atoms with E-state index in [4.69, 9.17) is 4.52 Å². The lowest BCUT2D eigenvalue weighted by Crippen LogP contribution is -2.39. The summed E-state index contributed by atoms with van der Waals surface area (Å²) in [4.78, 5) is 18.2. The Labute approximate surface area is 152 Å². The first-order valence-corrected chi connectivity index (χ1v) is 8.48. The number of rotatable bonds is 3. The molecule has 1 amide bonds. The van der Waals surface area contributed by atoms with E-state index in [1.165, 1.54) is 6.07 Å². The SMILES string of the molecule is Cc1noc(-c2cn(C3CCN(C(=O)c4ccc(F)c(F)c4)CC3)nn2)n1. The molecule has 8 nitrogen and oxygen atoms in total. The van der Waals surface area contributed by atoms with Crippen molar-refractivity contribution in [2.75, 3.05) is 13.1 Å². The molecule has 1 aromatic carbocycles. The minimum Gasteiger partial charge on any atom is -0.338 e. The predicted octanol–water partition coefficient (Wildman–Crippen LogP) is 2.39. The Morgan fingerprint density at radius 3 is 2.67 bits per heavy atom. The van der Waals surface area contributed by atoms with Gasteiger partial charge < -0.3 is 9.42 Å². The van der Waals surface area contributed by atoms with Crippen LogP contribution in [0.15, 0.2) is 28.9 Å². The van der Waals surface area contributed by atoms with Crippen LogP contribution in [0.1, 0.15) is 35.1 Å². The van der Waals surface area contributed by atoms with E-state index in [0.717, 1.165) is 12.1 Å².